The van der Waals surface area contributed by atoms with E-state index in [2.05, 4.69) is 4.98 Å². The van der Waals surface area contributed by atoms with E-state index in [-0.39, 0.29) is 0 Å². The molecule has 2 heterocycles. The Labute approximate surface area is 141 Å². The molecule has 0 aliphatic heterocycles. The van der Waals surface area contributed by atoms with Crippen LogP contribution in [0.3, 0.4) is 0 Å². The number of halogens is 2. The van der Waals surface area contributed by atoms with Gasteiger partial charge >= 0.3 is 0 Å². The number of aromatic nitrogens is 2. The lowest BCUT2D eigenvalue weighted by Crippen LogP contribution is -2.01. The smallest absolute Gasteiger partial charge is 0.190 e. The highest BCUT2D eigenvalue weighted by atomic mass is 35.5. The van der Waals surface area contributed by atoms with Gasteiger partial charge in [0.1, 0.15) is 15.0 Å². The van der Waals surface area contributed by atoms with Crippen molar-refractivity contribution in [2.24, 2.45) is 5.92 Å². The molecule has 112 valence electrons. The summed E-state index contributed by atoms with van der Waals surface area (Å²) >= 11 is 15.5. The fourth-order valence-corrected chi connectivity index (χ4v) is 5.96. The van der Waals surface area contributed by atoms with Gasteiger partial charge in [0.2, 0.25) is 0 Å². The quantitative estimate of drug-likeness (QED) is 0.500. The largest absolute Gasteiger partial charge is 0.383 e. The Kier molecular flexibility index (Phi) is 3.52. The van der Waals surface area contributed by atoms with Crippen LogP contribution in [0.4, 0.5) is 5.82 Å². The van der Waals surface area contributed by atoms with Gasteiger partial charge in [0, 0.05) is 16.5 Å². The summed E-state index contributed by atoms with van der Waals surface area (Å²) in [7, 11) is 0. The first-order valence-corrected chi connectivity index (χ1v) is 9.69. The highest BCUT2D eigenvalue weighted by molar-refractivity contribution is 7.99. The molecule has 0 amide bonds. The summed E-state index contributed by atoms with van der Waals surface area (Å²) in [5, 5.41) is 1.84. The van der Waals surface area contributed by atoms with E-state index in [0.29, 0.717) is 11.7 Å². The topological polar surface area (TPSA) is 51.8 Å². The van der Waals surface area contributed by atoms with Crippen LogP contribution in [0.1, 0.15) is 29.7 Å². The van der Waals surface area contributed by atoms with Crippen LogP contribution in [0.2, 0.25) is 0 Å². The molecule has 2 aliphatic carbocycles. The van der Waals surface area contributed by atoms with Gasteiger partial charge in [-0.05, 0) is 37.7 Å². The first-order valence-electron chi connectivity index (χ1n) is 7.13. The lowest BCUT2D eigenvalue weighted by atomic mass is 9.97. The molecule has 0 saturated heterocycles. The average Bonchev–Trinajstić information content (AvgIpc) is 2.89. The van der Waals surface area contributed by atoms with Crippen LogP contribution in [0.5, 0.6) is 0 Å². The van der Waals surface area contributed by atoms with Gasteiger partial charge in [0.15, 0.2) is 5.16 Å². The van der Waals surface area contributed by atoms with Crippen LogP contribution < -0.4 is 5.73 Å². The van der Waals surface area contributed by atoms with Crippen molar-refractivity contribution in [3.8, 4) is 0 Å². The van der Waals surface area contributed by atoms with Crippen LogP contribution in [-0.4, -0.2) is 20.1 Å². The van der Waals surface area contributed by atoms with Crippen molar-refractivity contribution in [1.82, 2.24) is 9.97 Å². The minimum atomic E-state index is -0.537. The van der Waals surface area contributed by atoms with Gasteiger partial charge in [-0.2, -0.15) is 0 Å². The SMILES string of the molecule is Nc1nc(SC[C@@H]2CC2(Cl)Cl)nc2sc3c(c12)CCCC3. The van der Waals surface area contributed by atoms with Crippen molar-refractivity contribution in [1.29, 1.82) is 0 Å². The maximum absolute atomic E-state index is 6.19. The molecule has 0 unspecified atom stereocenters. The number of alkyl halides is 2. The minimum Gasteiger partial charge on any atom is -0.383 e. The van der Waals surface area contributed by atoms with Crippen molar-refractivity contribution in [2.45, 2.75) is 41.6 Å². The monoisotopic (exact) mass is 359 g/mol. The van der Waals surface area contributed by atoms with Gasteiger partial charge in [0.05, 0.1) is 5.39 Å². The van der Waals surface area contributed by atoms with Gasteiger partial charge in [0.25, 0.3) is 0 Å². The zero-order valence-electron chi connectivity index (χ0n) is 11.4. The maximum Gasteiger partial charge on any atom is 0.190 e. The lowest BCUT2D eigenvalue weighted by Gasteiger charge is -2.10. The number of nitrogen functional groups attached to an aromatic ring is 1. The van der Waals surface area contributed by atoms with Crippen molar-refractivity contribution in [3.63, 3.8) is 0 Å². The summed E-state index contributed by atoms with van der Waals surface area (Å²) in [6.07, 6.45) is 5.63. The number of nitrogens with zero attached hydrogens (tertiary/aromatic N) is 2. The third-order valence-corrected chi connectivity index (χ3v) is 7.31. The maximum atomic E-state index is 6.19. The fourth-order valence-electron chi connectivity index (χ4n) is 2.86. The van der Waals surface area contributed by atoms with Crippen molar-refractivity contribution in [3.05, 3.63) is 10.4 Å². The molecule has 2 N–H and O–H groups in total. The van der Waals surface area contributed by atoms with Gasteiger partial charge in [-0.15, -0.1) is 34.5 Å². The van der Waals surface area contributed by atoms with Crippen LogP contribution in [-0.2, 0) is 12.8 Å². The molecule has 0 radical (unpaired) electrons. The molecule has 4 rings (SSSR count). The summed E-state index contributed by atoms with van der Waals surface area (Å²) in [4.78, 5) is 11.7. The van der Waals surface area contributed by atoms with E-state index in [4.69, 9.17) is 33.9 Å². The van der Waals surface area contributed by atoms with E-state index in [9.17, 15) is 0 Å². The predicted octanol–water partition coefficient (Wildman–Crippen LogP) is 4.44. The molecule has 2 aromatic heterocycles. The van der Waals surface area contributed by atoms with Crippen molar-refractivity contribution < 1.29 is 0 Å². The summed E-state index contributed by atoms with van der Waals surface area (Å²) in [5.74, 6) is 1.81. The number of thiophene rings is 1. The molecule has 0 aromatic carbocycles. The Morgan fingerprint density at radius 1 is 1.29 bits per heavy atom. The second kappa shape index (κ2) is 5.15. The van der Waals surface area contributed by atoms with Crippen molar-refractivity contribution >= 4 is 62.3 Å². The zero-order chi connectivity index (χ0) is 14.6. The summed E-state index contributed by atoms with van der Waals surface area (Å²) < 4.78 is -0.537. The van der Waals surface area contributed by atoms with E-state index in [1.165, 1.54) is 23.3 Å². The van der Waals surface area contributed by atoms with Gasteiger partial charge < -0.3 is 5.73 Å². The minimum absolute atomic E-state index is 0.336. The molecule has 0 bridgehead atoms. The first kappa shape index (κ1) is 14.4. The van der Waals surface area contributed by atoms with Gasteiger partial charge in [-0.25, -0.2) is 9.97 Å². The first-order chi connectivity index (χ1) is 10.0. The zero-order valence-corrected chi connectivity index (χ0v) is 14.5. The molecular formula is C14H15Cl2N3S2. The van der Waals surface area contributed by atoms with Crippen LogP contribution >= 0.6 is 46.3 Å². The molecule has 7 heteroatoms. The van der Waals surface area contributed by atoms with Gasteiger partial charge in [-0.1, -0.05) is 11.8 Å². The van der Waals surface area contributed by atoms with Crippen LogP contribution in [0.15, 0.2) is 5.16 Å². The third kappa shape index (κ3) is 2.62. The molecule has 1 fully saturated rings. The second-order valence-corrected chi connectivity index (χ2v) is 9.37. The Morgan fingerprint density at radius 3 is 2.81 bits per heavy atom. The predicted molar refractivity (Wildman–Crippen MR) is 91.7 cm³/mol. The number of fused-ring (bicyclic) bond motifs is 3. The third-order valence-electron chi connectivity index (χ3n) is 4.19. The van der Waals surface area contributed by atoms with Crippen molar-refractivity contribution in [2.75, 3.05) is 11.5 Å². The van der Waals surface area contributed by atoms with E-state index < -0.39 is 4.33 Å². The number of anilines is 1. The number of hydrogen-bond donors (Lipinski definition) is 1. The number of thioether (sulfide) groups is 1. The number of aryl methyl sites for hydroxylation is 2. The molecule has 3 nitrogen and oxygen atoms in total. The molecule has 2 aromatic rings. The molecule has 21 heavy (non-hydrogen) atoms. The van der Waals surface area contributed by atoms with E-state index in [1.54, 1.807) is 23.1 Å². The van der Waals surface area contributed by atoms with Crippen LogP contribution in [0.25, 0.3) is 10.2 Å². The normalized spacial score (nSPS) is 23.2. The summed E-state index contributed by atoms with van der Waals surface area (Å²) in [6.45, 7) is 0. The van der Waals surface area contributed by atoms with E-state index in [1.807, 2.05) is 0 Å². The van der Waals surface area contributed by atoms with E-state index in [0.717, 1.165) is 40.4 Å². The molecule has 2 aliphatic rings. The number of nitrogens with two attached hydrogens (primary N) is 1. The highest BCUT2D eigenvalue weighted by Gasteiger charge is 2.51. The Morgan fingerprint density at radius 2 is 2.05 bits per heavy atom. The molecule has 0 spiro atoms. The Balaban J connectivity index is 1.63. The highest BCUT2D eigenvalue weighted by Crippen LogP contribution is 2.54. The van der Waals surface area contributed by atoms with E-state index >= 15 is 0 Å². The van der Waals surface area contributed by atoms with Gasteiger partial charge in [-0.3, -0.25) is 0 Å². The standard InChI is InChI=1S/C14H15Cl2N3S2/c15-14(16)5-7(14)6-20-13-18-11(17)10-8-3-1-2-4-9(8)21-12(10)19-13/h7H,1-6H2,(H2,17,18,19)/t7-/m0/s1. The average molecular weight is 360 g/mol. The number of rotatable bonds is 3. The summed E-state index contributed by atoms with van der Waals surface area (Å²) in [6, 6.07) is 0. The van der Waals surface area contributed by atoms with Crippen LogP contribution in [0, 0.1) is 5.92 Å². The summed E-state index contributed by atoms with van der Waals surface area (Å²) in [5.41, 5.74) is 7.58. The second-order valence-electron chi connectivity index (χ2n) is 5.76. The Hall–Kier alpha value is -0.230. The Bertz CT molecular complexity index is 714. The fraction of sp³-hybridized carbons (Fsp3) is 0.571. The lowest BCUT2D eigenvalue weighted by molar-refractivity contribution is 0.700. The molecule has 1 atom stereocenters. The number of hydrogen-bond acceptors (Lipinski definition) is 5. The molecular weight excluding hydrogens is 345 g/mol. The molecule has 1 saturated carbocycles.